The van der Waals surface area contributed by atoms with Gasteiger partial charge in [0.2, 0.25) is 5.91 Å². The zero-order valence-electron chi connectivity index (χ0n) is 20.5. The van der Waals surface area contributed by atoms with Gasteiger partial charge in [-0.05, 0) is 38.5 Å². The third-order valence-electron chi connectivity index (χ3n) is 6.71. The van der Waals surface area contributed by atoms with Crippen LogP contribution in [-0.2, 0) is 9.53 Å². The van der Waals surface area contributed by atoms with E-state index in [1.165, 1.54) is 83.5 Å². The van der Waals surface area contributed by atoms with Crippen molar-refractivity contribution in [1.29, 1.82) is 0 Å². The maximum absolute atomic E-state index is 12.3. The highest BCUT2D eigenvalue weighted by molar-refractivity contribution is 5.89. The summed E-state index contributed by atoms with van der Waals surface area (Å²) >= 11 is 0. The number of aliphatic imine (C=N–C) groups is 1. The van der Waals surface area contributed by atoms with Crippen molar-refractivity contribution in [3.63, 3.8) is 0 Å². The molecule has 4 heteroatoms. The lowest BCUT2D eigenvalue weighted by Crippen LogP contribution is -2.27. The molecule has 2 rings (SSSR count). The van der Waals surface area contributed by atoms with E-state index in [1.54, 1.807) is 0 Å². The molecule has 2 aliphatic rings. The second-order valence-corrected chi connectivity index (χ2v) is 9.52. The van der Waals surface area contributed by atoms with Crippen molar-refractivity contribution in [2.24, 2.45) is 10.9 Å². The second kappa shape index (κ2) is 16.3. The van der Waals surface area contributed by atoms with Crippen molar-refractivity contribution in [3.8, 4) is 0 Å². The number of hydrogen-bond donors (Lipinski definition) is 0. The van der Waals surface area contributed by atoms with Gasteiger partial charge in [0.05, 0.1) is 12.0 Å². The molecule has 1 fully saturated rings. The summed E-state index contributed by atoms with van der Waals surface area (Å²) in [6, 6.07) is 0.301. The molecule has 0 aromatic carbocycles. The van der Waals surface area contributed by atoms with Crippen LogP contribution in [0.1, 0.15) is 117 Å². The zero-order valence-corrected chi connectivity index (χ0v) is 20.5. The molecular formula is C27H48N2O2. The summed E-state index contributed by atoms with van der Waals surface area (Å²) in [5.41, 5.74) is 0. The lowest BCUT2D eigenvalue weighted by atomic mass is 10.1. The number of rotatable bonds is 18. The summed E-state index contributed by atoms with van der Waals surface area (Å²) in [6.45, 7) is 6.82. The fourth-order valence-electron chi connectivity index (χ4n) is 4.57. The van der Waals surface area contributed by atoms with Crippen molar-refractivity contribution >= 4 is 11.8 Å². The van der Waals surface area contributed by atoms with Gasteiger partial charge in [0.15, 0.2) is 5.90 Å². The molecule has 0 aliphatic carbocycles. The Bertz CT molecular complexity index is 543. The van der Waals surface area contributed by atoms with Crippen LogP contribution in [0.5, 0.6) is 0 Å². The van der Waals surface area contributed by atoms with E-state index in [0.29, 0.717) is 19.1 Å². The molecule has 2 aliphatic heterocycles. The molecular weight excluding hydrogens is 384 g/mol. The summed E-state index contributed by atoms with van der Waals surface area (Å²) in [5.74, 6) is 1.31. The molecule has 1 saturated heterocycles. The minimum absolute atomic E-state index is 0.193. The minimum atomic E-state index is 0.193. The number of nitrogens with zero attached hydrogens (tertiary/aromatic N) is 2. The SMILES string of the molecule is CCCCCCCCC=CCCCCCCCCN1CC(C2=NC(CC)CO2)CC1=O. The predicted molar refractivity (Wildman–Crippen MR) is 132 cm³/mol. The highest BCUT2D eigenvalue weighted by atomic mass is 16.5. The third kappa shape index (κ3) is 10.7. The van der Waals surface area contributed by atoms with E-state index in [0.717, 1.165) is 31.8 Å². The van der Waals surface area contributed by atoms with Gasteiger partial charge in [-0.25, -0.2) is 4.99 Å². The van der Waals surface area contributed by atoms with Gasteiger partial charge in [-0.1, -0.05) is 83.8 Å². The lowest BCUT2D eigenvalue weighted by molar-refractivity contribution is -0.127. The molecule has 0 radical (unpaired) electrons. The first-order valence-corrected chi connectivity index (χ1v) is 13.4. The van der Waals surface area contributed by atoms with Crippen LogP contribution < -0.4 is 0 Å². The molecule has 0 saturated carbocycles. The Kier molecular flexibility index (Phi) is 13.7. The van der Waals surface area contributed by atoms with Gasteiger partial charge in [-0.3, -0.25) is 4.79 Å². The predicted octanol–water partition coefficient (Wildman–Crippen LogP) is 7.08. The number of likely N-dealkylation sites (tertiary alicyclic amines) is 1. The van der Waals surface area contributed by atoms with Crippen LogP contribution in [0.15, 0.2) is 17.1 Å². The first kappa shape index (κ1) is 25.9. The molecule has 2 heterocycles. The molecule has 2 atom stereocenters. The average molecular weight is 433 g/mol. The van der Waals surface area contributed by atoms with Gasteiger partial charge in [-0.15, -0.1) is 0 Å². The highest BCUT2D eigenvalue weighted by Crippen LogP contribution is 2.24. The summed E-state index contributed by atoms with van der Waals surface area (Å²) in [7, 11) is 0. The molecule has 0 aromatic rings. The quantitative estimate of drug-likeness (QED) is 0.171. The van der Waals surface area contributed by atoms with Crippen molar-refractivity contribution in [1.82, 2.24) is 4.90 Å². The maximum atomic E-state index is 12.3. The van der Waals surface area contributed by atoms with Gasteiger partial charge in [0.1, 0.15) is 6.61 Å². The molecule has 0 spiro atoms. The molecule has 178 valence electrons. The van der Waals surface area contributed by atoms with Gasteiger partial charge in [0.25, 0.3) is 0 Å². The van der Waals surface area contributed by atoms with E-state index in [1.807, 2.05) is 4.90 Å². The summed E-state index contributed by atoms with van der Waals surface area (Å²) in [4.78, 5) is 19.0. The van der Waals surface area contributed by atoms with E-state index in [4.69, 9.17) is 4.74 Å². The molecule has 0 aromatic heterocycles. The summed E-state index contributed by atoms with van der Waals surface area (Å²) < 4.78 is 5.74. The Labute approximate surface area is 191 Å². The number of amides is 1. The van der Waals surface area contributed by atoms with Crippen molar-refractivity contribution in [2.45, 2.75) is 123 Å². The van der Waals surface area contributed by atoms with E-state index >= 15 is 0 Å². The molecule has 2 unspecified atom stereocenters. The van der Waals surface area contributed by atoms with Gasteiger partial charge in [-0.2, -0.15) is 0 Å². The summed E-state index contributed by atoms with van der Waals surface area (Å²) in [5, 5.41) is 0. The zero-order chi connectivity index (χ0) is 22.2. The molecule has 4 nitrogen and oxygen atoms in total. The average Bonchev–Trinajstić information content (AvgIpc) is 3.40. The number of allylic oxidation sites excluding steroid dienone is 2. The van der Waals surface area contributed by atoms with Crippen molar-refractivity contribution < 1.29 is 9.53 Å². The monoisotopic (exact) mass is 432 g/mol. The Morgan fingerprint density at radius 1 is 0.903 bits per heavy atom. The number of unbranched alkanes of at least 4 members (excludes halogenated alkanes) is 12. The van der Waals surface area contributed by atoms with Crippen LogP contribution in [0, 0.1) is 5.92 Å². The molecule has 31 heavy (non-hydrogen) atoms. The Morgan fingerprint density at radius 3 is 2.13 bits per heavy atom. The van der Waals surface area contributed by atoms with Gasteiger partial charge < -0.3 is 9.64 Å². The van der Waals surface area contributed by atoms with Crippen molar-refractivity contribution in [2.75, 3.05) is 19.7 Å². The Hall–Kier alpha value is -1.32. The normalized spacial score (nSPS) is 21.3. The lowest BCUT2D eigenvalue weighted by Gasteiger charge is -2.16. The van der Waals surface area contributed by atoms with Crippen LogP contribution in [0.25, 0.3) is 0 Å². The van der Waals surface area contributed by atoms with E-state index in [9.17, 15) is 4.79 Å². The first-order valence-electron chi connectivity index (χ1n) is 13.4. The minimum Gasteiger partial charge on any atom is -0.478 e. The van der Waals surface area contributed by atoms with Gasteiger partial charge in [0, 0.05) is 19.5 Å². The summed E-state index contributed by atoms with van der Waals surface area (Å²) in [6.07, 6.45) is 24.9. The standard InChI is InChI=1S/C27H48N2O2/c1-3-5-6-7-8-9-10-11-12-13-14-15-16-17-18-19-20-29-22-24(21-26(29)30)27-28-25(4-2)23-31-27/h11-12,24-25H,3-10,13-23H2,1-2H3. The number of ether oxygens (including phenoxy) is 1. The second-order valence-electron chi connectivity index (χ2n) is 9.52. The fourth-order valence-corrected chi connectivity index (χ4v) is 4.57. The molecule has 0 bridgehead atoms. The fraction of sp³-hybridized carbons (Fsp3) is 0.852. The van der Waals surface area contributed by atoms with Crippen LogP contribution in [0.4, 0.5) is 0 Å². The van der Waals surface area contributed by atoms with Crippen LogP contribution in [0.3, 0.4) is 0 Å². The maximum Gasteiger partial charge on any atom is 0.223 e. The van der Waals surface area contributed by atoms with E-state index in [-0.39, 0.29) is 11.8 Å². The Balaban J connectivity index is 1.39. The van der Waals surface area contributed by atoms with Crippen LogP contribution >= 0.6 is 0 Å². The van der Waals surface area contributed by atoms with Gasteiger partial charge >= 0.3 is 0 Å². The van der Waals surface area contributed by atoms with Crippen LogP contribution in [-0.4, -0.2) is 42.4 Å². The molecule has 1 amide bonds. The van der Waals surface area contributed by atoms with Crippen molar-refractivity contribution in [3.05, 3.63) is 12.2 Å². The number of carbonyl (C=O) groups excluding carboxylic acids is 1. The molecule has 0 N–H and O–H groups in total. The number of hydrogen-bond acceptors (Lipinski definition) is 3. The van der Waals surface area contributed by atoms with E-state index < -0.39 is 0 Å². The smallest absolute Gasteiger partial charge is 0.223 e. The van der Waals surface area contributed by atoms with Crippen LogP contribution in [0.2, 0.25) is 0 Å². The topological polar surface area (TPSA) is 41.9 Å². The Morgan fingerprint density at radius 2 is 1.52 bits per heavy atom. The van der Waals surface area contributed by atoms with E-state index in [2.05, 4.69) is 31.0 Å². The highest BCUT2D eigenvalue weighted by Gasteiger charge is 2.35. The first-order chi connectivity index (χ1) is 15.2. The largest absolute Gasteiger partial charge is 0.478 e. The third-order valence-corrected chi connectivity index (χ3v) is 6.71. The number of carbonyl (C=O) groups is 1.